The lowest BCUT2D eigenvalue weighted by molar-refractivity contribution is 0.621. The number of nitrogens with zero attached hydrogens (tertiary/aromatic N) is 1. The topological polar surface area (TPSA) is 50.9 Å². The fourth-order valence-corrected chi connectivity index (χ4v) is 2.19. The molecule has 0 spiro atoms. The van der Waals surface area contributed by atoms with E-state index in [9.17, 15) is 0 Å². The second-order valence-corrected chi connectivity index (χ2v) is 4.09. The summed E-state index contributed by atoms with van der Waals surface area (Å²) in [6, 6.07) is 8.16. The summed E-state index contributed by atoms with van der Waals surface area (Å²) in [7, 11) is 0. The summed E-state index contributed by atoms with van der Waals surface area (Å²) in [5.74, 6) is 5.58. The normalized spacial score (nSPS) is 12.7. The molecule has 0 saturated carbocycles. The third-order valence-electron chi connectivity index (χ3n) is 2.41. The Bertz CT molecular complexity index is 425. The minimum atomic E-state index is -0.0163. The molecule has 15 heavy (non-hydrogen) atoms. The highest BCUT2D eigenvalue weighted by atomic mass is 32.1. The third kappa shape index (κ3) is 2.07. The molecule has 0 amide bonds. The van der Waals surface area contributed by atoms with Gasteiger partial charge in [0.2, 0.25) is 0 Å². The molecule has 2 aromatic rings. The molecule has 3 nitrogen and oxygen atoms in total. The Balaban J connectivity index is 2.40. The summed E-state index contributed by atoms with van der Waals surface area (Å²) in [6.07, 6.45) is 0. The lowest BCUT2D eigenvalue weighted by atomic mass is 10.00. The van der Waals surface area contributed by atoms with E-state index >= 15 is 0 Å². The van der Waals surface area contributed by atoms with Gasteiger partial charge in [-0.15, -0.1) is 11.3 Å². The van der Waals surface area contributed by atoms with Crippen molar-refractivity contribution in [2.24, 2.45) is 5.84 Å². The van der Waals surface area contributed by atoms with Crippen LogP contribution in [0.5, 0.6) is 0 Å². The molecule has 78 valence electrons. The van der Waals surface area contributed by atoms with E-state index in [0.717, 1.165) is 5.69 Å². The van der Waals surface area contributed by atoms with Crippen molar-refractivity contribution in [1.82, 2.24) is 10.4 Å². The number of nitrogens with one attached hydrogen (secondary N) is 1. The van der Waals surface area contributed by atoms with Crippen molar-refractivity contribution in [3.8, 4) is 0 Å². The monoisotopic (exact) mass is 219 g/mol. The summed E-state index contributed by atoms with van der Waals surface area (Å²) >= 11 is 1.58. The van der Waals surface area contributed by atoms with E-state index in [2.05, 4.69) is 29.5 Å². The average Bonchev–Trinajstić information content (AvgIpc) is 2.75. The second kappa shape index (κ2) is 4.53. The van der Waals surface area contributed by atoms with Crippen molar-refractivity contribution in [1.29, 1.82) is 0 Å². The SMILES string of the molecule is Cc1ccccc1C(NN)c1cscn1. The molecule has 0 aliphatic rings. The molecule has 0 bridgehead atoms. The third-order valence-corrected chi connectivity index (χ3v) is 3.02. The molecule has 0 radical (unpaired) electrons. The molecule has 0 fully saturated rings. The minimum absolute atomic E-state index is 0.0163. The Morgan fingerprint density at radius 1 is 1.40 bits per heavy atom. The van der Waals surface area contributed by atoms with Crippen LogP contribution in [0.1, 0.15) is 22.9 Å². The van der Waals surface area contributed by atoms with Gasteiger partial charge in [0.1, 0.15) is 0 Å². The van der Waals surface area contributed by atoms with Gasteiger partial charge in [-0.25, -0.2) is 10.4 Å². The molecule has 0 aliphatic heterocycles. The van der Waals surface area contributed by atoms with Crippen molar-refractivity contribution >= 4 is 11.3 Å². The molecule has 1 heterocycles. The number of hydrogen-bond donors (Lipinski definition) is 2. The Labute approximate surface area is 92.9 Å². The largest absolute Gasteiger partial charge is 0.271 e. The van der Waals surface area contributed by atoms with Crippen LogP contribution in [0.25, 0.3) is 0 Å². The standard InChI is InChI=1S/C11H13N3S/c1-8-4-2-3-5-9(8)11(14-12)10-6-15-7-13-10/h2-7,11,14H,12H2,1H3. The van der Waals surface area contributed by atoms with Crippen molar-refractivity contribution in [2.75, 3.05) is 0 Å². The molecule has 1 atom stereocenters. The molecule has 0 aliphatic carbocycles. The van der Waals surface area contributed by atoms with Crippen LogP contribution in [0.3, 0.4) is 0 Å². The van der Waals surface area contributed by atoms with Gasteiger partial charge < -0.3 is 0 Å². The second-order valence-electron chi connectivity index (χ2n) is 3.37. The maximum atomic E-state index is 5.58. The highest BCUT2D eigenvalue weighted by Gasteiger charge is 2.15. The number of thiazole rings is 1. The molecule has 0 saturated heterocycles. The molecule has 2 rings (SSSR count). The van der Waals surface area contributed by atoms with Gasteiger partial charge in [0.05, 0.1) is 17.2 Å². The quantitative estimate of drug-likeness (QED) is 0.613. The number of aryl methyl sites for hydroxylation is 1. The van der Waals surface area contributed by atoms with E-state index in [1.807, 2.05) is 23.0 Å². The number of nitrogens with two attached hydrogens (primary N) is 1. The van der Waals surface area contributed by atoms with E-state index < -0.39 is 0 Å². The predicted molar refractivity (Wildman–Crippen MR) is 62.5 cm³/mol. The first-order valence-corrected chi connectivity index (χ1v) is 5.67. The lowest BCUT2D eigenvalue weighted by Gasteiger charge is -2.16. The van der Waals surface area contributed by atoms with Crippen LogP contribution in [0.15, 0.2) is 35.2 Å². The first-order valence-electron chi connectivity index (χ1n) is 4.72. The van der Waals surface area contributed by atoms with Crippen LogP contribution in [0, 0.1) is 6.92 Å². The zero-order valence-electron chi connectivity index (χ0n) is 8.47. The van der Waals surface area contributed by atoms with Crippen molar-refractivity contribution in [3.05, 3.63) is 52.0 Å². The van der Waals surface area contributed by atoms with Gasteiger partial charge in [0.25, 0.3) is 0 Å². The van der Waals surface area contributed by atoms with Gasteiger partial charge in [-0.1, -0.05) is 24.3 Å². The summed E-state index contributed by atoms with van der Waals surface area (Å²) < 4.78 is 0. The Kier molecular flexibility index (Phi) is 3.11. The smallest absolute Gasteiger partial charge is 0.0892 e. The lowest BCUT2D eigenvalue weighted by Crippen LogP contribution is -2.29. The summed E-state index contributed by atoms with van der Waals surface area (Å²) in [5.41, 5.74) is 7.98. The molecule has 1 aromatic carbocycles. The first-order chi connectivity index (χ1) is 7.33. The number of aromatic nitrogens is 1. The molecule has 1 unspecified atom stereocenters. The number of rotatable bonds is 3. The van der Waals surface area contributed by atoms with Crippen LogP contribution < -0.4 is 11.3 Å². The molecule has 1 aromatic heterocycles. The number of benzene rings is 1. The molecular weight excluding hydrogens is 206 g/mol. The number of hydrazine groups is 1. The van der Waals surface area contributed by atoms with E-state index in [1.165, 1.54) is 11.1 Å². The van der Waals surface area contributed by atoms with Crippen molar-refractivity contribution < 1.29 is 0 Å². The van der Waals surface area contributed by atoms with Gasteiger partial charge >= 0.3 is 0 Å². The fourth-order valence-electron chi connectivity index (χ4n) is 1.61. The maximum absolute atomic E-state index is 5.58. The van der Waals surface area contributed by atoms with Crippen LogP contribution >= 0.6 is 11.3 Å². The fraction of sp³-hybridized carbons (Fsp3) is 0.182. The van der Waals surface area contributed by atoms with E-state index in [0.29, 0.717) is 0 Å². The first kappa shape index (κ1) is 10.3. The summed E-state index contributed by atoms with van der Waals surface area (Å²) in [5, 5.41) is 2.01. The molecule has 4 heteroatoms. The van der Waals surface area contributed by atoms with Gasteiger partial charge in [0, 0.05) is 5.38 Å². The summed E-state index contributed by atoms with van der Waals surface area (Å²) in [6.45, 7) is 2.08. The molecular formula is C11H13N3S. The average molecular weight is 219 g/mol. The summed E-state index contributed by atoms with van der Waals surface area (Å²) in [4.78, 5) is 4.28. The van der Waals surface area contributed by atoms with E-state index in [4.69, 9.17) is 5.84 Å². The predicted octanol–water partition coefficient (Wildman–Crippen LogP) is 2.00. The zero-order chi connectivity index (χ0) is 10.7. The van der Waals surface area contributed by atoms with Gasteiger partial charge in [-0.05, 0) is 18.1 Å². The Hall–Kier alpha value is -1.23. The van der Waals surface area contributed by atoms with Gasteiger partial charge in [-0.3, -0.25) is 5.84 Å². The number of hydrogen-bond acceptors (Lipinski definition) is 4. The van der Waals surface area contributed by atoms with E-state index in [1.54, 1.807) is 11.3 Å². The Morgan fingerprint density at radius 2 is 2.20 bits per heavy atom. The van der Waals surface area contributed by atoms with Crippen molar-refractivity contribution in [2.45, 2.75) is 13.0 Å². The zero-order valence-corrected chi connectivity index (χ0v) is 9.29. The highest BCUT2D eigenvalue weighted by Crippen LogP contribution is 2.23. The van der Waals surface area contributed by atoms with Gasteiger partial charge in [0.15, 0.2) is 0 Å². The van der Waals surface area contributed by atoms with Crippen LogP contribution in [-0.2, 0) is 0 Å². The van der Waals surface area contributed by atoms with E-state index in [-0.39, 0.29) is 6.04 Å². The minimum Gasteiger partial charge on any atom is -0.271 e. The maximum Gasteiger partial charge on any atom is 0.0892 e. The van der Waals surface area contributed by atoms with Crippen LogP contribution in [-0.4, -0.2) is 4.98 Å². The molecule has 3 N–H and O–H groups in total. The highest BCUT2D eigenvalue weighted by molar-refractivity contribution is 7.07. The van der Waals surface area contributed by atoms with Crippen molar-refractivity contribution in [3.63, 3.8) is 0 Å². The van der Waals surface area contributed by atoms with Crippen LogP contribution in [0.4, 0.5) is 0 Å². The van der Waals surface area contributed by atoms with Gasteiger partial charge in [-0.2, -0.15) is 0 Å². The van der Waals surface area contributed by atoms with Crippen LogP contribution in [0.2, 0.25) is 0 Å². The Morgan fingerprint density at radius 3 is 2.80 bits per heavy atom.